The maximum absolute atomic E-state index is 11.3. The zero-order chi connectivity index (χ0) is 19.5. The molecule has 0 atom stereocenters. The fourth-order valence-electron chi connectivity index (χ4n) is 3.41. The highest BCUT2D eigenvalue weighted by Gasteiger charge is 2.21. The molecular formula is C21H22N2O4S. The van der Waals surface area contributed by atoms with E-state index in [0.717, 1.165) is 45.9 Å². The monoisotopic (exact) mass is 398 g/mol. The first-order chi connectivity index (χ1) is 13.6. The van der Waals surface area contributed by atoms with Crippen LogP contribution in [0.1, 0.15) is 18.4 Å². The molecule has 2 aromatic carbocycles. The van der Waals surface area contributed by atoms with Crippen LogP contribution in [0.15, 0.2) is 36.4 Å². The molecule has 2 heterocycles. The Kier molecular flexibility index (Phi) is 5.45. The van der Waals surface area contributed by atoms with Gasteiger partial charge in [-0.2, -0.15) is 0 Å². The van der Waals surface area contributed by atoms with E-state index in [2.05, 4.69) is 4.90 Å². The molecule has 0 saturated heterocycles. The van der Waals surface area contributed by atoms with Crippen molar-refractivity contribution >= 4 is 27.5 Å². The van der Waals surface area contributed by atoms with Crippen molar-refractivity contribution < 1.29 is 19.4 Å². The van der Waals surface area contributed by atoms with Crippen LogP contribution < -0.4 is 4.74 Å². The number of carbonyl (C=O) groups is 1. The molecule has 3 aromatic rings. The fraction of sp³-hybridized carbons (Fsp3) is 0.333. The smallest absolute Gasteiger partial charge is 0.305 e. The van der Waals surface area contributed by atoms with Gasteiger partial charge in [0, 0.05) is 30.6 Å². The molecule has 1 aromatic heterocycles. The molecule has 0 spiro atoms. The molecule has 4 rings (SSSR count). The van der Waals surface area contributed by atoms with E-state index in [-0.39, 0.29) is 11.7 Å². The molecule has 6 nitrogen and oxygen atoms in total. The third kappa shape index (κ3) is 3.95. The number of benzene rings is 2. The zero-order valence-corrected chi connectivity index (χ0v) is 16.5. The molecule has 146 valence electrons. The number of thiazole rings is 1. The molecule has 0 unspecified atom stereocenters. The Balaban J connectivity index is 1.58. The molecule has 1 N–H and O–H groups in total. The summed E-state index contributed by atoms with van der Waals surface area (Å²) in [5.41, 5.74) is 2.78. The second-order valence-electron chi connectivity index (χ2n) is 6.77. The maximum atomic E-state index is 11.3. The third-order valence-corrected chi connectivity index (χ3v) is 5.90. The molecular weight excluding hydrogens is 376 g/mol. The Labute approximate surface area is 167 Å². The van der Waals surface area contributed by atoms with Crippen molar-refractivity contribution in [3.63, 3.8) is 0 Å². The molecule has 0 amide bonds. The zero-order valence-electron chi connectivity index (χ0n) is 15.7. The number of carbonyl (C=O) groups excluding carboxylic acids is 1. The van der Waals surface area contributed by atoms with Gasteiger partial charge >= 0.3 is 5.97 Å². The number of hydrogen-bond donors (Lipinski definition) is 1. The Hall–Kier alpha value is -2.64. The van der Waals surface area contributed by atoms with Crippen molar-refractivity contribution in [3.8, 4) is 22.1 Å². The lowest BCUT2D eigenvalue weighted by molar-refractivity contribution is -0.140. The van der Waals surface area contributed by atoms with Crippen LogP contribution in [-0.2, 0) is 16.1 Å². The van der Waals surface area contributed by atoms with E-state index < -0.39 is 0 Å². The highest BCUT2D eigenvalue weighted by Crippen LogP contribution is 2.39. The third-order valence-electron chi connectivity index (χ3n) is 4.82. The first kappa shape index (κ1) is 18.7. The minimum Gasteiger partial charge on any atom is -0.504 e. The van der Waals surface area contributed by atoms with Gasteiger partial charge in [-0.05, 0) is 37.2 Å². The summed E-state index contributed by atoms with van der Waals surface area (Å²) >= 11 is 1.61. The van der Waals surface area contributed by atoms with Crippen molar-refractivity contribution in [1.29, 1.82) is 0 Å². The Morgan fingerprint density at radius 3 is 3.04 bits per heavy atom. The van der Waals surface area contributed by atoms with E-state index in [1.807, 2.05) is 30.3 Å². The van der Waals surface area contributed by atoms with Crippen molar-refractivity contribution in [1.82, 2.24) is 9.88 Å². The Morgan fingerprint density at radius 2 is 2.21 bits per heavy atom. The van der Waals surface area contributed by atoms with Gasteiger partial charge in [0.1, 0.15) is 11.6 Å². The SMILES string of the molecule is COC(=O)CCCN1CCOc2c(O)cc(-c3nc4ccccc4s3)cc2C1. The van der Waals surface area contributed by atoms with Gasteiger partial charge in [0.25, 0.3) is 0 Å². The van der Waals surface area contributed by atoms with E-state index in [0.29, 0.717) is 25.3 Å². The number of rotatable bonds is 5. The van der Waals surface area contributed by atoms with Crippen LogP contribution in [0.5, 0.6) is 11.5 Å². The second-order valence-corrected chi connectivity index (χ2v) is 7.81. The van der Waals surface area contributed by atoms with Gasteiger partial charge in [-0.25, -0.2) is 4.98 Å². The van der Waals surface area contributed by atoms with Gasteiger partial charge in [-0.15, -0.1) is 11.3 Å². The number of phenolic OH excluding ortho intramolecular Hbond substituents is 1. The number of hydrogen-bond acceptors (Lipinski definition) is 7. The van der Waals surface area contributed by atoms with Crippen molar-refractivity contribution in [3.05, 3.63) is 42.0 Å². The number of nitrogens with zero attached hydrogens (tertiary/aromatic N) is 2. The summed E-state index contributed by atoms with van der Waals surface area (Å²) in [6.07, 6.45) is 1.13. The van der Waals surface area contributed by atoms with E-state index in [9.17, 15) is 9.90 Å². The molecule has 0 fully saturated rings. The Morgan fingerprint density at radius 1 is 1.36 bits per heavy atom. The van der Waals surface area contributed by atoms with Gasteiger partial charge in [0.15, 0.2) is 11.5 Å². The fourth-order valence-corrected chi connectivity index (χ4v) is 4.37. The second kappa shape index (κ2) is 8.16. The van der Waals surface area contributed by atoms with E-state index in [1.54, 1.807) is 17.4 Å². The summed E-state index contributed by atoms with van der Waals surface area (Å²) in [6.45, 7) is 2.66. The summed E-state index contributed by atoms with van der Waals surface area (Å²) in [5.74, 6) is 0.491. The molecule has 0 saturated carbocycles. The van der Waals surface area contributed by atoms with Gasteiger partial charge < -0.3 is 14.6 Å². The minimum absolute atomic E-state index is 0.142. The topological polar surface area (TPSA) is 71.9 Å². The van der Waals surface area contributed by atoms with Crippen molar-refractivity contribution in [2.24, 2.45) is 0 Å². The van der Waals surface area contributed by atoms with Crippen LogP contribution in [0.2, 0.25) is 0 Å². The predicted octanol–water partition coefficient (Wildman–Crippen LogP) is 3.82. The maximum Gasteiger partial charge on any atom is 0.305 e. The number of methoxy groups -OCH3 is 1. The predicted molar refractivity (Wildman–Crippen MR) is 109 cm³/mol. The van der Waals surface area contributed by atoms with Crippen LogP contribution in [0, 0.1) is 0 Å². The summed E-state index contributed by atoms with van der Waals surface area (Å²) in [5, 5.41) is 11.4. The van der Waals surface area contributed by atoms with Crippen molar-refractivity contribution in [2.45, 2.75) is 19.4 Å². The lowest BCUT2D eigenvalue weighted by Crippen LogP contribution is -2.27. The normalized spacial score (nSPS) is 14.3. The number of fused-ring (bicyclic) bond motifs is 2. The average molecular weight is 398 g/mol. The molecule has 0 bridgehead atoms. The van der Waals surface area contributed by atoms with E-state index in [1.165, 1.54) is 7.11 Å². The molecule has 0 radical (unpaired) electrons. The van der Waals surface area contributed by atoms with E-state index in [4.69, 9.17) is 14.5 Å². The molecule has 7 heteroatoms. The van der Waals surface area contributed by atoms with Gasteiger partial charge in [-0.3, -0.25) is 9.69 Å². The standard InChI is InChI=1S/C21H22N2O4S/c1-26-19(25)7-4-8-23-9-10-27-20-15(13-23)11-14(12-17(20)24)21-22-16-5-2-3-6-18(16)28-21/h2-3,5-6,11-12,24H,4,7-10,13H2,1H3. The highest BCUT2D eigenvalue weighted by molar-refractivity contribution is 7.21. The lowest BCUT2D eigenvalue weighted by Gasteiger charge is -2.19. The number of ether oxygens (including phenoxy) is 2. The largest absolute Gasteiger partial charge is 0.504 e. The number of aromatic hydroxyl groups is 1. The Bertz CT molecular complexity index is 968. The van der Waals surface area contributed by atoms with Crippen LogP contribution in [0.25, 0.3) is 20.8 Å². The van der Waals surface area contributed by atoms with Crippen LogP contribution in [-0.4, -0.2) is 47.8 Å². The number of phenols is 1. The lowest BCUT2D eigenvalue weighted by atomic mass is 10.1. The van der Waals surface area contributed by atoms with E-state index >= 15 is 0 Å². The summed E-state index contributed by atoms with van der Waals surface area (Å²) in [6, 6.07) is 11.8. The number of aromatic nitrogens is 1. The average Bonchev–Trinajstić information content (AvgIpc) is 3.02. The molecule has 0 aliphatic carbocycles. The first-order valence-corrected chi connectivity index (χ1v) is 10.1. The minimum atomic E-state index is -0.192. The summed E-state index contributed by atoms with van der Waals surface area (Å²) in [4.78, 5) is 18.3. The van der Waals surface area contributed by atoms with Gasteiger partial charge in [0.2, 0.25) is 0 Å². The summed E-state index contributed by atoms with van der Waals surface area (Å²) < 4.78 is 11.6. The molecule has 1 aliphatic heterocycles. The quantitative estimate of drug-likeness (QED) is 0.659. The highest BCUT2D eigenvalue weighted by atomic mass is 32.1. The van der Waals surface area contributed by atoms with Gasteiger partial charge in [0.05, 0.1) is 17.3 Å². The number of esters is 1. The van der Waals surface area contributed by atoms with Gasteiger partial charge in [-0.1, -0.05) is 12.1 Å². The molecule has 28 heavy (non-hydrogen) atoms. The van der Waals surface area contributed by atoms with Crippen molar-refractivity contribution in [2.75, 3.05) is 26.8 Å². The number of para-hydroxylation sites is 1. The van der Waals surface area contributed by atoms with Crippen LogP contribution in [0.3, 0.4) is 0 Å². The first-order valence-electron chi connectivity index (χ1n) is 9.28. The molecule has 1 aliphatic rings. The summed E-state index contributed by atoms with van der Waals surface area (Å²) in [7, 11) is 1.41. The van der Waals surface area contributed by atoms with Crippen LogP contribution >= 0.6 is 11.3 Å². The van der Waals surface area contributed by atoms with Crippen LogP contribution in [0.4, 0.5) is 0 Å².